The van der Waals surface area contributed by atoms with Crippen molar-refractivity contribution in [2.45, 2.75) is 38.4 Å². The van der Waals surface area contributed by atoms with Gasteiger partial charge in [0.25, 0.3) is 0 Å². The third-order valence-electron chi connectivity index (χ3n) is 4.35. The summed E-state index contributed by atoms with van der Waals surface area (Å²) in [6.45, 7) is 5.45. The molecule has 1 unspecified atom stereocenters. The quantitative estimate of drug-likeness (QED) is 0.873. The number of benzene rings is 1. The Labute approximate surface area is 137 Å². The number of aliphatic hydroxyl groups is 1. The minimum Gasteiger partial charge on any atom is -0.485 e. The largest absolute Gasteiger partial charge is 0.485 e. The first-order chi connectivity index (χ1) is 10.8. The van der Waals surface area contributed by atoms with Crippen molar-refractivity contribution in [1.82, 2.24) is 4.31 Å². The Bertz CT molecular complexity index is 687. The summed E-state index contributed by atoms with van der Waals surface area (Å²) >= 11 is 0. The molecule has 1 aromatic carbocycles. The van der Waals surface area contributed by atoms with Crippen molar-refractivity contribution in [3.63, 3.8) is 0 Å². The second kappa shape index (κ2) is 5.96. The monoisotopic (exact) mass is 340 g/mol. The Balaban J connectivity index is 1.71. The fourth-order valence-electron chi connectivity index (χ4n) is 3.22. The van der Waals surface area contributed by atoms with Crippen LogP contribution in [0.2, 0.25) is 0 Å². The van der Waals surface area contributed by atoms with E-state index in [2.05, 4.69) is 5.32 Å². The van der Waals surface area contributed by atoms with Crippen molar-refractivity contribution in [2.24, 2.45) is 0 Å². The summed E-state index contributed by atoms with van der Waals surface area (Å²) in [7, 11) is -3.06. The predicted octanol–water partition coefficient (Wildman–Crippen LogP) is 1.73. The van der Waals surface area contributed by atoms with Crippen LogP contribution in [0, 0.1) is 0 Å². The summed E-state index contributed by atoms with van der Waals surface area (Å²) < 4.78 is 31.2. The van der Waals surface area contributed by atoms with E-state index in [0.717, 1.165) is 11.3 Å². The molecule has 2 N–H and O–H groups in total. The van der Waals surface area contributed by atoms with Gasteiger partial charge in [-0.15, -0.1) is 0 Å². The lowest BCUT2D eigenvalue weighted by molar-refractivity contribution is 0.0122. The lowest BCUT2D eigenvalue weighted by atomic mass is 9.91. The van der Waals surface area contributed by atoms with Crippen molar-refractivity contribution in [2.75, 3.05) is 30.7 Å². The van der Waals surface area contributed by atoms with Gasteiger partial charge >= 0.3 is 0 Å². The van der Waals surface area contributed by atoms with Crippen LogP contribution >= 0.6 is 0 Å². The van der Waals surface area contributed by atoms with Gasteiger partial charge in [0, 0.05) is 31.6 Å². The third-order valence-corrected chi connectivity index (χ3v) is 6.30. The first-order valence-electron chi connectivity index (χ1n) is 8.00. The maximum atomic E-state index is 11.8. The molecule has 0 spiro atoms. The number of nitrogens with one attached hydrogen (secondary N) is 1. The van der Waals surface area contributed by atoms with Gasteiger partial charge in [-0.05, 0) is 26.3 Å². The van der Waals surface area contributed by atoms with E-state index < -0.39 is 21.7 Å². The molecule has 7 heteroatoms. The molecule has 0 aliphatic carbocycles. The van der Waals surface area contributed by atoms with Crippen LogP contribution in [-0.4, -0.2) is 48.8 Å². The van der Waals surface area contributed by atoms with Gasteiger partial charge in [0.2, 0.25) is 10.0 Å². The SMILES string of the molecule is CC1(C)CC(O)c2cccc(NCCN3CCCS3(=O)=O)c2O1. The Morgan fingerprint density at radius 1 is 1.43 bits per heavy atom. The van der Waals surface area contributed by atoms with Gasteiger partial charge in [-0.1, -0.05) is 12.1 Å². The summed E-state index contributed by atoms with van der Waals surface area (Å²) in [4.78, 5) is 0. The van der Waals surface area contributed by atoms with E-state index in [-0.39, 0.29) is 5.75 Å². The number of hydrogen-bond donors (Lipinski definition) is 2. The lowest BCUT2D eigenvalue weighted by Gasteiger charge is -2.36. The molecule has 1 fully saturated rings. The third kappa shape index (κ3) is 3.46. The normalized spacial score (nSPS) is 25.6. The zero-order valence-electron chi connectivity index (χ0n) is 13.6. The average Bonchev–Trinajstić information content (AvgIpc) is 2.77. The lowest BCUT2D eigenvalue weighted by Crippen LogP contribution is -2.35. The van der Waals surface area contributed by atoms with Crippen LogP contribution in [-0.2, 0) is 10.0 Å². The topological polar surface area (TPSA) is 78.9 Å². The van der Waals surface area contributed by atoms with Crippen LogP contribution in [0.25, 0.3) is 0 Å². The van der Waals surface area contributed by atoms with Crippen LogP contribution < -0.4 is 10.1 Å². The van der Waals surface area contributed by atoms with Crippen LogP contribution in [0.5, 0.6) is 5.75 Å². The van der Waals surface area contributed by atoms with E-state index in [1.807, 2.05) is 32.0 Å². The van der Waals surface area contributed by atoms with Crippen LogP contribution in [0.1, 0.15) is 38.4 Å². The number of sulfonamides is 1. The Kier molecular flexibility index (Phi) is 4.29. The van der Waals surface area contributed by atoms with Gasteiger partial charge in [0.15, 0.2) is 0 Å². The summed E-state index contributed by atoms with van der Waals surface area (Å²) in [5.74, 6) is 0.914. The maximum Gasteiger partial charge on any atom is 0.214 e. The molecule has 1 atom stereocenters. The van der Waals surface area contributed by atoms with Gasteiger partial charge in [0.1, 0.15) is 11.4 Å². The van der Waals surface area contributed by atoms with Crippen molar-refractivity contribution in [1.29, 1.82) is 0 Å². The molecular formula is C16H24N2O4S. The zero-order chi connectivity index (χ0) is 16.7. The molecule has 0 aromatic heterocycles. The van der Waals surface area contributed by atoms with E-state index in [1.54, 1.807) is 0 Å². The fourth-order valence-corrected chi connectivity index (χ4v) is 4.75. The summed E-state index contributed by atoms with van der Waals surface area (Å²) in [6, 6.07) is 5.63. The first kappa shape index (κ1) is 16.5. The minimum absolute atomic E-state index is 0.247. The molecule has 128 valence electrons. The molecule has 0 amide bonds. The molecule has 2 aliphatic heterocycles. The zero-order valence-corrected chi connectivity index (χ0v) is 14.4. The second-order valence-electron chi connectivity index (χ2n) is 6.80. The highest BCUT2D eigenvalue weighted by Gasteiger charge is 2.34. The van der Waals surface area contributed by atoms with Crippen LogP contribution in [0.3, 0.4) is 0 Å². The molecule has 0 bridgehead atoms. The number of anilines is 1. The average molecular weight is 340 g/mol. The highest BCUT2D eigenvalue weighted by molar-refractivity contribution is 7.89. The number of ether oxygens (including phenoxy) is 1. The number of fused-ring (bicyclic) bond motifs is 1. The van der Waals surface area contributed by atoms with Gasteiger partial charge < -0.3 is 15.2 Å². The van der Waals surface area contributed by atoms with E-state index in [4.69, 9.17) is 4.74 Å². The van der Waals surface area contributed by atoms with Gasteiger partial charge in [0.05, 0.1) is 17.5 Å². The molecule has 3 rings (SSSR count). The standard InChI is InChI=1S/C16H24N2O4S/c1-16(2)11-14(19)12-5-3-6-13(15(12)22-16)17-7-9-18-8-4-10-23(18,20)21/h3,5-6,14,17,19H,4,7-11H2,1-2H3. The predicted molar refractivity (Wildman–Crippen MR) is 89.2 cm³/mol. The van der Waals surface area contributed by atoms with Crippen molar-refractivity contribution in [3.8, 4) is 5.75 Å². The fraction of sp³-hybridized carbons (Fsp3) is 0.625. The highest BCUT2D eigenvalue weighted by Crippen LogP contribution is 2.43. The van der Waals surface area contributed by atoms with Crippen molar-refractivity contribution < 1.29 is 18.3 Å². The Hall–Kier alpha value is -1.31. The maximum absolute atomic E-state index is 11.8. The van der Waals surface area contributed by atoms with Gasteiger partial charge in [-0.3, -0.25) is 0 Å². The number of nitrogens with zero attached hydrogens (tertiary/aromatic N) is 1. The molecule has 6 nitrogen and oxygen atoms in total. The molecule has 2 heterocycles. The Morgan fingerprint density at radius 3 is 2.91 bits per heavy atom. The molecule has 2 aliphatic rings. The van der Waals surface area contributed by atoms with E-state index >= 15 is 0 Å². The molecule has 1 aromatic rings. The molecular weight excluding hydrogens is 316 g/mol. The number of para-hydroxylation sites is 1. The summed E-state index contributed by atoms with van der Waals surface area (Å²) in [6.07, 6.45) is 0.705. The summed E-state index contributed by atoms with van der Waals surface area (Å²) in [5, 5.41) is 13.5. The first-order valence-corrected chi connectivity index (χ1v) is 9.61. The van der Waals surface area contributed by atoms with Crippen LogP contribution in [0.15, 0.2) is 18.2 Å². The van der Waals surface area contributed by atoms with Crippen molar-refractivity contribution >= 4 is 15.7 Å². The van der Waals surface area contributed by atoms with Crippen molar-refractivity contribution in [3.05, 3.63) is 23.8 Å². The van der Waals surface area contributed by atoms with Gasteiger partial charge in [-0.2, -0.15) is 0 Å². The Morgan fingerprint density at radius 2 is 2.22 bits per heavy atom. The van der Waals surface area contributed by atoms with E-state index in [1.165, 1.54) is 4.31 Å². The summed E-state index contributed by atoms with van der Waals surface area (Å²) in [5.41, 5.74) is 1.15. The molecule has 0 saturated carbocycles. The number of hydrogen-bond acceptors (Lipinski definition) is 5. The van der Waals surface area contributed by atoms with Gasteiger partial charge in [-0.25, -0.2) is 12.7 Å². The number of aliphatic hydroxyl groups excluding tert-OH is 1. The molecule has 0 radical (unpaired) electrons. The number of rotatable bonds is 4. The molecule has 23 heavy (non-hydrogen) atoms. The van der Waals surface area contributed by atoms with E-state index in [0.29, 0.717) is 38.2 Å². The highest BCUT2D eigenvalue weighted by atomic mass is 32.2. The minimum atomic E-state index is -3.06. The molecule has 1 saturated heterocycles. The smallest absolute Gasteiger partial charge is 0.214 e. The second-order valence-corrected chi connectivity index (χ2v) is 8.89. The van der Waals surface area contributed by atoms with E-state index in [9.17, 15) is 13.5 Å². The van der Waals surface area contributed by atoms with Crippen LogP contribution in [0.4, 0.5) is 5.69 Å².